The van der Waals surface area contributed by atoms with Gasteiger partial charge in [-0.1, -0.05) is 157 Å². The summed E-state index contributed by atoms with van der Waals surface area (Å²) in [6.45, 7) is 13.9. The maximum atomic E-state index is 2.44. The minimum Gasteiger partial charge on any atom is -0.309 e. The summed E-state index contributed by atoms with van der Waals surface area (Å²) in [5.74, 6) is 0. The molecule has 0 radical (unpaired) electrons. The third-order valence-corrected chi connectivity index (χ3v) is 9.86. The normalized spacial score (nSPS) is 12.5. The number of benzene rings is 7. The number of nitrogens with zero attached hydrogens (tertiary/aromatic N) is 1. The van der Waals surface area contributed by atoms with Crippen molar-refractivity contribution in [2.45, 2.75) is 52.4 Å². The van der Waals surface area contributed by atoms with E-state index >= 15 is 0 Å². The van der Waals surface area contributed by atoms with Gasteiger partial charge in [0.25, 0.3) is 0 Å². The summed E-state index contributed by atoms with van der Waals surface area (Å²) in [4.78, 5) is 0. The Kier molecular flexibility index (Phi) is 6.67. The summed E-state index contributed by atoms with van der Waals surface area (Å²) >= 11 is 0. The molecule has 1 heterocycles. The van der Waals surface area contributed by atoms with Gasteiger partial charge in [0, 0.05) is 16.5 Å². The largest absolute Gasteiger partial charge is 0.309 e. The molecule has 1 nitrogen and oxygen atoms in total. The number of rotatable bonds is 3. The highest BCUT2D eigenvalue weighted by Gasteiger charge is 2.23. The van der Waals surface area contributed by atoms with Gasteiger partial charge in [0.15, 0.2) is 0 Å². The summed E-state index contributed by atoms with van der Waals surface area (Å²) in [6.07, 6.45) is 0. The lowest BCUT2D eigenvalue weighted by Crippen LogP contribution is -2.16. The molecule has 0 bridgehead atoms. The van der Waals surface area contributed by atoms with Crippen molar-refractivity contribution >= 4 is 43.4 Å². The Hall–Kier alpha value is -5.14. The smallest absolute Gasteiger partial charge is 0.0541 e. The molecule has 1 aromatic heterocycles. The number of aromatic nitrogens is 1. The van der Waals surface area contributed by atoms with Crippen LogP contribution in [0.5, 0.6) is 0 Å². The first-order valence-corrected chi connectivity index (χ1v) is 16.8. The van der Waals surface area contributed by atoms with E-state index in [2.05, 4.69) is 186 Å². The van der Waals surface area contributed by atoms with Crippen LogP contribution in [0.15, 0.2) is 140 Å². The Morgan fingerprint density at radius 3 is 1.21 bits per heavy atom. The van der Waals surface area contributed by atoms with Crippen LogP contribution >= 0.6 is 0 Å². The van der Waals surface area contributed by atoms with Crippen molar-refractivity contribution in [1.82, 2.24) is 4.57 Å². The minimum absolute atomic E-state index is 0.0365. The zero-order valence-corrected chi connectivity index (χ0v) is 28.2. The van der Waals surface area contributed by atoms with Crippen molar-refractivity contribution in [2.24, 2.45) is 0 Å². The van der Waals surface area contributed by atoms with Gasteiger partial charge in [0.1, 0.15) is 0 Å². The molecule has 0 saturated heterocycles. The Bertz CT molecular complexity index is 2330. The summed E-state index contributed by atoms with van der Waals surface area (Å²) in [6, 6.07) is 51.9. The van der Waals surface area contributed by atoms with Crippen molar-refractivity contribution in [3.8, 4) is 27.9 Å². The van der Waals surface area contributed by atoms with Gasteiger partial charge < -0.3 is 4.57 Å². The first kappa shape index (κ1) is 29.3. The van der Waals surface area contributed by atoms with E-state index in [1.54, 1.807) is 0 Å². The number of hydrogen-bond donors (Lipinski definition) is 0. The first-order chi connectivity index (χ1) is 22.6. The topological polar surface area (TPSA) is 4.93 Å². The summed E-state index contributed by atoms with van der Waals surface area (Å²) < 4.78 is 2.42. The Morgan fingerprint density at radius 1 is 0.362 bits per heavy atom. The second kappa shape index (κ2) is 10.7. The van der Waals surface area contributed by atoms with Gasteiger partial charge in [-0.15, -0.1) is 0 Å². The van der Waals surface area contributed by atoms with E-state index in [0.717, 1.165) is 0 Å². The maximum Gasteiger partial charge on any atom is 0.0541 e. The molecule has 0 aliphatic heterocycles. The molecule has 0 N–H and O–H groups in total. The van der Waals surface area contributed by atoms with Crippen LogP contribution in [0.2, 0.25) is 0 Å². The lowest BCUT2D eigenvalue weighted by molar-refractivity contribution is 0.569. The lowest BCUT2D eigenvalue weighted by Gasteiger charge is -2.27. The van der Waals surface area contributed by atoms with E-state index in [1.165, 1.54) is 82.4 Å². The molecule has 0 amide bonds. The van der Waals surface area contributed by atoms with Gasteiger partial charge in [0.05, 0.1) is 11.0 Å². The average Bonchev–Trinajstić information content (AvgIpc) is 3.40. The van der Waals surface area contributed by atoms with Crippen LogP contribution in [-0.4, -0.2) is 4.57 Å². The number of hydrogen-bond acceptors (Lipinski definition) is 0. The van der Waals surface area contributed by atoms with Crippen LogP contribution in [0, 0.1) is 0 Å². The van der Waals surface area contributed by atoms with E-state index in [1.807, 2.05) is 0 Å². The van der Waals surface area contributed by atoms with Crippen molar-refractivity contribution < 1.29 is 0 Å². The van der Waals surface area contributed by atoms with Gasteiger partial charge in [-0.05, 0) is 90.0 Å². The van der Waals surface area contributed by atoms with Crippen LogP contribution in [-0.2, 0) is 10.8 Å². The molecular weight excluding hydrogens is 567 g/mol. The maximum absolute atomic E-state index is 2.44. The molecule has 0 spiro atoms. The second-order valence-corrected chi connectivity index (χ2v) is 15.1. The van der Waals surface area contributed by atoms with Crippen LogP contribution < -0.4 is 0 Å². The molecule has 0 fully saturated rings. The molecule has 1 heteroatoms. The number of para-hydroxylation sites is 2. The zero-order valence-electron chi connectivity index (χ0n) is 28.2. The van der Waals surface area contributed by atoms with Crippen LogP contribution in [0.25, 0.3) is 71.3 Å². The van der Waals surface area contributed by atoms with Crippen molar-refractivity contribution in [3.63, 3.8) is 0 Å². The lowest BCUT2D eigenvalue weighted by atomic mass is 9.77. The summed E-state index contributed by atoms with van der Waals surface area (Å²) in [5, 5.41) is 7.68. The average molecular weight is 608 g/mol. The molecule has 0 saturated carbocycles. The van der Waals surface area contributed by atoms with Crippen molar-refractivity contribution in [2.75, 3.05) is 0 Å². The number of fused-ring (bicyclic) bond motifs is 5. The quantitative estimate of drug-likeness (QED) is 0.176. The third kappa shape index (κ3) is 4.84. The molecule has 7 aromatic carbocycles. The molecule has 0 unspecified atom stereocenters. The van der Waals surface area contributed by atoms with Gasteiger partial charge in [-0.25, -0.2) is 0 Å². The van der Waals surface area contributed by atoms with E-state index in [0.29, 0.717) is 0 Å². The predicted molar refractivity (Wildman–Crippen MR) is 204 cm³/mol. The predicted octanol–water partition coefficient (Wildman–Crippen LogP) is 13.0. The fourth-order valence-electron chi connectivity index (χ4n) is 7.39. The molecule has 0 aliphatic rings. The minimum atomic E-state index is 0.0365. The van der Waals surface area contributed by atoms with Gasteiger partial charge in [-0.3, -0.25) is 0 Å². The Labute approximate surface area is 278 Å². The SMILES string of the molecule is CC(C)(C)c1cc(-c2c3ccccc3c(-c3cccc(-n4c5ccccc5c5ccccc54)c3)c3ccccc23)cc(C(C)(C)C)c1. The summed E-state index contributed by atoms with van der Waals surface area (Å²) in [5.41, 5.74) is 11.6. The first-order valence-electron chi connectivity index (χ1n) is 16.8. The van der Waals surface area contributed by atoms with Crippen molar-refractivity contribution in [3.05, 3.63) is 151 Å². The molecule has 8 aromatic rings. The van der Waals surface area contributed by atoms with Gasteiger partial charge >= 0.3 is 0 Å². The molecular formula is C46H41N. The zero-order chi connectivity index (χ0) is 32.5. The monoisotopic (exact) mass is 607 g/mol. The molecule has 0 atom stereocenters. The van der Waals surface area contributed by atoms with Crippen molar-refractivity contribution in [1.29, 1.82) is 0 Å². The van der Waals surface area contributed by atoms with Crippen LogP contribution in [0.3, 0.4) is 0 Å². The Balaban J connectivity index is 1.43. The molecule has 0 aliphatic carbocycles. The van der Waals surface area contributed by atoms with E-state index < -0.39 is 0 Å². The summed E-state index contributed by atoms with van der Waals surface area (Å²) in [7, 11) is 0. The Morgan fingerprint density at radius 2 is 0.766 bits per heavy atom. The van der Waals surface area contributed by atoms with Crippen LogP contribution in [0.1, 0.15) is 52.7 Å². The highest BCUT2D eigenvalue weighted by atomic mass is 15.0. The fourth-order valence-corrected chi connectivity index (χ4v) is 7.39. The highest BCUT2D eigenvalue weighted by molar-refractivity contribution is 6.21. The third-order valence-electron chi connectivity index (χ3n) is 9.86. The van der Waals surface area contributed by atoms with E-state index in [-0.39, 0.29) is 10.8 Å². The van der Waals surface area contributed by atoms with Gasteiger partial charge in [-0.2, -0.15) is 0 Å². The van der Waals surface area contributed by atoms with E-state index in [4.69, 9.17) is 0 Å². The van der Waals surface area contributed by atoms with Crippen LogP contribution in [0.4, 0.5) is 0 Å². The van der Waals surface area contributed by atoms with Gasteiger partial charge in [0.2, 0.25) is 0 Å². The molecule has 47 heavy (non-hydrogen) atoms. The second-order valence-electron chi connectivity index (χ2n) is 15.1. The van der Waals surface area contributed by atoms with E-state index in [9.17, 15) is 0 Å². The highest BCUT2D eigenvalue weighted by Crippen LogP contribution is 2.46. The fraction of sp³-hybridized carbons (Fsp3) is 0.174. The molecule has 8 rings (SSSR count). The standard InChI is InChI=1S/C46H41N/c1-45(2,3)32-26-31(27-33(29-32)46(4,5)6)44-39-22-9-7-20-37(39)43(38-21-8-10-23-40(38)44)30-16-15-17-34(28-30)47-41-24-13-11-18-35(41)36-19-12-14-25-42(36)47/h7-29H,1-6H3. The molecule has 230 valence electrons.